The predicted octanol–water partition coefficient (Wildman–Crippen LogP) is 4.72. The van der Waals surface area contributed by atoms with Crippen molar-refractivity contribution in [2.75, 3.05) is 28.6 Å². The molecular weight excluding hydrogens is 390 g/mol. The predicted molar refractivity (Wildman–Crippen MR) is 124 cm³/mol. The van der Waals surface area contributed by atoms with Crippen molar-refractivity contribution in [1.82, 2.24) is 5.32 Å². The number of hydrogen-bond acceptors (Lipinski definition) is 4. The van der Waals surface area contributed by atoms with Gasteiger partial charge < -0.3 is 20.9 Å². The number of benzene rings is 2. The van der Waals surface area contributed by atoms with Gasteiger partial charge in [-0.1, -0.05) is 6.92 Å². The van der Waals surface area contributed by atoms with Crippen molar-refractivity contribution >= 4 is 29.0 Å². The first-order chi connectivity index (χ1) is 15.0. The molecule has 7 nitrogen and oxygen atoms in total. The third kappa shape index (κ3) is 5.98. The number of nitrogens with one attached hydrogen (secondary N) is 3. The monoisotopic (exact) mass is 419 g/mol. The number of anilines is 3. The second-order valence-corrected chi connectivity index (χ2v) is 7.83. The van der Waals surface area contributed by atoms with Gasteiger partial charge in [0.25, 0.3) is 5.91 Å². The van der Waals surface area contributed by atoms with Crippen LogP contribution in [0.15, 0.2) is 42.5 Å². The highest BCUT2D eigenvalue weighted by atomic mass is 16.2. The molecule has 3 N–H and O–H groups in total. The first-order valence-electron chi connectivity index (χ1n) is 10.8. The molecule has 1 aliphatic heterocycles. The van der Waals surface area contributed by atoms with Gasteiger partial charge in [0.15, 0.2) is 0 Å². The summed E-state index contributed by atoms with van der Waals surface area (Å²) in [6.45, 7) is 5.86. The summed E-state index contributed by atoms with van der Waals surface area (Å²) in [6, 6.07) is 13.8. The van der Waals surface area contributed by atoms with E-state index < -0.39 is 6.03 Å². The molecule has 0 bridgehead atoms. The van der Waals surface area contributed by atoms with Gasteiger partial charge in [0, 0.05) is 36.2 Å². The van der Waals surface area contributed by atoms with E-state index in [1.807, 2.05) is 32.0 Å². The molecule has 0 aliphatic carbocycles. The molecule has 2 aromatic rings. The Morgan fingerprint density at radius 2 is 1.68 bits per heavy atom. The summed E-state index contributed by atoms with van der Waals surface area (Å²) in [5.41, 5.74) is 3.12. The number of hydrogen-bond donors (Lipinski definition) is 3. The van der Waals surface area contributed by atoms with Gasteiger partial charge in [-0.15, -0.1) is 0 Å². The molecule has 1 fully saturated rings. The number of amides is 3. The summed E-state index contributed by atoms with van der Waals surface area (Å²) in [5, 5.41) is 17.5. The largest absolute Gasteiger partial charge is 0.371 e. The molecule has 31 heavy (non-hydrogen) atoms. The Bertz CT molecular complexity index is 959. The van der Waals surface area contributed by atoms with Crippen LogP contribution in [-0.4, -0.2) is 31.1 Å². The average molecular weight is 420 g/mol. The molecule has 2 aromatic carbocycles. The number of carbonyl (C=O) groups is 2. The lowest BCUT2D eigenvalue weighted by atomic mass is 10.1. The molecule has 1 heterocycles. The van der Waals surface area contributed by atoms with E-state index in [-0.39, 0.29) is 11.9 Å². The lowest BCUT2D eigenvalue weighted by molar-refractivity contribution is 0.0939. The second kappa shape index (κ2) is 10.5. The van der Waals surface area contributed by atoms with Crippen LogP contribution in [0, 0.1) is 11.3 Å². The SMILES string of the molecule is CC[C@@H](C)NC(=O)c1cc(NC(=O)Nc2ccc(C#N)cc2)ccc1N1CCCCC1. The molecule has 1 aliphatic rings. The summed E-state index contributed by atoms with van der Waals surface area (Å²) in [5.74, 6) is -0.133. The minimum atomic E-state index is -0.413. The molecule has 1 saturated heterocycles. The van der Waals surface area contributed by atoms with E-state index in [0.717, 1.165) is 38.0 Å². The van der Waals surface area contributed by atoms with E-state index in [0.29, 0.717) is 22.5 Å². The third-order valence-electron chi connectivity index (χ3n) is 5.46. The smallest absolute Gasteiger partial charge is 0.323 e. The van der Waals surface area contributed by atoms with Crippen molar-refractivity contribution in [3.63, 3.8) is 0 Å². The fourth-order valence-electron chi connectivity index (χ4n) is 3.53. The lowest BCUT2D eigenvalue weighted by Crippen LogP contribution is -2.35. The Labute approximate surface area is 183 Å². The Morgan fingerprint density at radius 1 is 1.03 bits per heavy atom. The number of nitrogens with zero attached hydrogens (tertiary/aromatic N) is 2. The maximum atomic E-state index is 13.0. The highest BCUT2D eigenvalue weighted by molar-refractivity contribution is 6.04. The van der Waals surface area contributed by atoms with Crippen molar-refractivity contribution < 1.29 is 9.59 Å². The van der Waals surface area contributed by atoms with Gasteiger partial charge in [-0.25, -0.2) is 4.79 Å². The molecular formula is C24H29N5O2. The van der Waals surface area contributed by atoms with Crippen LogP contribution in [0.1, 0.15) is 55.5 Å². The minimum Gasteiger partial charge on any atom is -0.371 e. The summed E-state index contributed by atoms with van der Waals surface area (Å²) in [7, 11) is 0. The van der Waals surface area contributed by atoms with Crippen LogP contribution in [-0.2, 0) is 0 Å². The van der Waals surface area contributed by atoms with Crippen molar-refractivity contribution in [2.45, 2.75) is 45.6 Å². The Kier molecular flexibility index (Phi) is 7.50. The zero-order valence-corrected chi connectivity index (χ0v) is 18.1. The van der Waals surface area contributed by atoms with Crippen LogP contribution in [0.2, 0.25) is 0 Å². The van der Waals surface area contributed by atoms with E-state index in [9.17, 15) is 9.59 Å². The molecule has 3 rings (SSSR count). The Morgan fingerprint density at radius 3 is 2.32 bits per heavy atom. The van der Waals surface area contributed by atoms with Gasteiger partial charge in [-0.2, -0.15) is 5.26 Å². The maximum absolute atomic E-state index is 13.0. The fraction of sp³-hybridized carbons (Fsp3) is 0.375. The summed E-state index contributed by atoms with van der Waals surface area (Å²) >= 11 is 0. The van der Waals surface area contributed by atoms with Crippen LogP contribution in [0.3, 0.4) is 0 Å². The molecule has 0 saturated carbocycles. The highest BCUT2D eigenvalue weighted by Crippen LogP contribution is 2.27. The van der Waals surface area contributed by atoms with Crippen LogP contribution in [0.4, 0.5) is 21.9 Å². The first kappa shape index (κ1) is 22.2. The molecule has 162 valence electrons. The number of rotatable bonds is 6. The summed E-state index contributed by atoms with van der Waals surface area (Å²) in [4.78, 5) is 27.7. The van der Waals surface area contributed by atoms with E-state index in [1.165, 1.54) is 6.42 Å². The first-order valence-corrected chi connectivity index (χ1v) is 10.8. The van der Waals surface area contributed by atoms with Gasteiger partial charge in [0.2, 0.25) is 0 Å². The number of nitriles is 1. The molecule has 0 radical (unpaired) electrons. The van der Waals surface area contributed by atoms with Gasteiger partial charge >= 0.3 is 6.03 Å². The molecule has 0 unspecified atom stereocenters. The lowest BCUT2D eigenvalue weighted by Gasteiger charge is -2.31. The van der Waals surface area contributed by atoms with E-state index in [4.69, 9.17) is 5.26 Å². The van der Waals surface area contributed by atoms with E-state index in [2.05, 4.69) is 20.9 Å². The van der Waals surface area contributed by atoms with Crippen LogP contribution < -0.4 is 20.9 Å². The van der Waals surface area contributed by atoms with Crippen molar-refractivity contribution in [3.8, 4) is 6.07 Å². The van der Waals surface area contributed by atoms with Crippen molar-refractivity contribution in [1.29, 1.82) is 5.26 Å². The van der Waals surface area contributed by atoms with Gasteiger partial charge in [-0.05, 0) is 75.1 Å². The van der Waals surface area contributed by atoms with Crippen molar-refractivity contribution in [3.05, 3.63) is 53.6 Å². The van der Waals surface area contributed by atoms with E-state index >= 15 is 0 Å². The molecule has 0 spiro atoms. The molecule has 1 atom stereocenters. The molecule has 7 heteroatoms. The Balaban J connectivity index is 1.78. The van der Waals surface area contributed by atoms with Gasteiger partial charge in [-0.3, -0.25) is 4.79 Å². The zero-order chi connectivity index (χ0) is 22.2. The summed E-state index contributed by atoms with van der Waals surface area (Å²) < 4.78 is 0. The van der Waals surface area contributed by atoms with Gasteiger partial charge in [0.1, 0.15) is 0 Å². The standard InChI is InChI=1S/C24H29N5O2/c1-3-17(2)26-23(30)21-15-20(11-12-22(21)29-13-5-4-6-14-29)28-24(31)27-19-9-7-18(16-25)8-10-19/h7-12,15,17H,3-6,13-14H2,1-2H3,(H,26,30)(H2,27,28,31)/t17-/m1/s1. The summed E-state index contributed by atoms with van der Waals surface area (Å²) in [6.07, 6.45) is 4.27. The van der Waals surface area contributed by atoms with Crippen molar-refractivity contribution in [2.24, 2.45) is 0 Å². The number of piperidine rings is 1. The molecule has 3 amide bonds. The molecule has 0 aromatic heterocycles. The normalized spacial score (nSPS) is 14.3. The van der Waals surface area contributed by atoms with Crippen LogP contribution >= 0.6 is 0 Å². The maximum Gasteiger partial charge on any atom is 0.323 e. The average Bonchev–Trinajstić information content (AvgIpc) is 2.80. The van der Waals surface area contributed by atoms with Crippen LogP contribution in [0.5, 0.6) is 0 Å². The fourth-order valence-corrected chi connectivity index (χ4v) is 3.53. The number of urea groups is 1. The highest BCUT2D eigenvalue weighted by Gasteiger charge is 2.20. The quantitative estimate of drug-likeness (QED) is 0.631. The topological polar surface area (TPSA) is 97.3 Å². The van der Waals surface area contributed by atoms with Crippen LogP contribution in [0.25, 0.3) is 0 Å². The minimum absolute atomic E-state index is 0.0676. The third-order valence-corrected chi connectivity index (χ3v) is 5.46. The van der Waals surface area contributed by atoms with E-state index in [1.54, 1.807) is 30.3 Å². The number of carbonyl (C=O) groups excluding carboxylic acids is 2. The van der Waals surface area contributed by atoms with Gasteiger partial charge in [0.05, 0.1) is 17.2 Å². The Hall–Kier alpha value is -3.53. The zero-order valence-electron chi connectivity index (χ0n) is 18.1. The second-order valence-electron chi connectivity index (χ2n) is 7.83.